The number of hydrogen-bond acceptors (Lipinski definition) is 2. The number of likely N-dealkylation sites (tertiary alicyclic amines) is 1. The molecule has 0 atom stereocenters. The first kappa shape index (κ1) is 15.9. The van der Waals surface area contributed by atoms with Gasteiger partial charge in [0.05, 0.1) is 0 Å². The molecule has 1 aromatic carbocycles. The molecule has 1 aliphatic heterocycles. The van der Waals surface area contributed by atoms with Crippen LogP contribution in [0.25, 0.3) is 0 Å². The Morgan fingerprint density at radius 3 is 2.67 bits per heavy atom. The molecule has 0 saturated carbocycles. The van der Waals surface area contributed by atoms with Crippen LogP contribution in [0.5, 0.6) is 0 Å². The molecular weight excluding hydrogens is 262 g/mol. The summed E-state index contributed by atoms with van der Waals surface area (Å²) in [4.78, 5) is 4.05. The number of aryl methyl sites for hydroxylation is 1. The van der Waals surface area contributed by atoms with E-state index in [0.717, 1.165) is 0 Å². The molecule has 2 rings (SSSR count). The lowest BCUT2D eigenvalue weighted by atomic mass is 10.1. The van der Waals surface area contributed by atoms with Gasteiger partial charge in [0, 0.05) is 4.90 Å². The molecule has 0 spiro atoms. The first-order valence-electron chi connectivity index (χ1n) is 6.76. The van der Waals surface area contributed by atoms with E-state index in [4.69, 9.17) is 0 Å². The lowest BCUT2D eigenvalue weighted by Crippen LogP contribution is -2.30. The predicted octanol–water partition coefficient (Wildman–Crippen LogP) is 4.38. The molecule has 0 unspecified atom stereocenters. The minimum absolute atomic E-state index is 0. The van der Waals surface area contributed by atoms with Crippen LogP contribution in [0.1, 0.15) is 31.2 Å². The van der Waals surface area contributed by atoms with E-state index in [-0.39, 0.29) is 12.4 Å². The van der Waals surface area contributed by atoms with Crippen molar-refractivity contribution >= 4 is 24.2 Å². The van der Waals surface area contributed by atoms with E-state index >= 15 is 0 Å². The third-order valence-electron chi connectivity index (χ3n) is 3.33. The number of piperidine rings is 1. The van der Waals surface area contributed by atoms with Crippen LogP contribution in [0.4, 0.5) is 0 Å². The highest BCUT2D eigenvalue weighted by Crippen LogP contribution is 2.20. The number of rotatable bonds is 5. The summed E-state index contributed by atoms with van der Waals surface area (Å²) >= 11 is 2.00. The number of halogens is 1. The van der Waals surface area contributed by atoms with Gasteiger partial charge in [-0.25, -0.2) is 0 Å². The number of benzene rings is 1. The smallest absolute Gasteiger partial charge is 0.00745 e. The number of hydrogen-bond donors (Lipinski definition) is 0. The lowest BCUT2D eigenvalue weighted by Gasteiger charge is -2.26. The Balaban J connectivity index is 0.00000162. The standard InChI is InChI=1S/C15H23NS.ClH/c1-14-7-5-8-15(13-14)17-12-6-11-16-9-3-2-4-10-16;/h5,7-8,13H,2-4,6,9-12H2,1H3;1H. The maximum absolute atomic E-state index is 2.63. The Morgan fingerprint density at radius 1 is 1.17 bits per heavy atom. The fourth-order valence-corrected chi connectivity index (χ4v) is 3.32. The minimum atomic E-state index is 0. The lowest BCUT2D eigenvalue weighted by molar-refractivity contribution is 0.230. The molecule has 0 bridgehead atoms. The minimum Gasteiger partial charge on any atom is -0.303 e. The predicted molar refractivity (Wildman–Crippen MR) is 84.1 cm³/mol. The van der Waals surface area contributed by atoms with Crippen LogP contribution < -0.4 is 0 Å². The SMILES string of the molecule is Cc1cccc(SCCCN2CCCCC2)c1.Cl. The highest BCUT2D eigenvalue weighted by atomic mass is 35.5. The van der Waals surface area contributed by atoms with Gasteiger partial charge in [-0.3, -0.25) is 0 Å². The van der Waals surface area contributed by atoms with E-state index in [1.165, 1.54) is 61.5 Å². The number of nitrogens with zero attached hydrogens (tertiary/aromatic N) is 1. The van der Waals surface area contributed by atoms with Gasteiger partial charge < -0.3 is 4.90 Å². The summed E-state index contributed by atoms with van der Waals surface area (Å²) in [6.07, 6.45) is 5.57. The second-order valence-corrected chi connectivity index (χ2v) is 6.09. The normalized spacial score (nSPS) is 16.3. The zero-order valence-corrected chi connectivity index (χ0v) is 12.9. The van der Waals surface area contributed by atoms with E-state index in [2.05, 4.69) is 36.1 Å². The second-order valence-electron chi connectivity index (χ2n) is 4.92. The van der Waals surface area contributed by atoms with Crippen molar-refractivity contribution in [3.63, 3.8) is 0 Å². The summed E-state index contributed by atoms with van der Waals surface area (Å²) in [7, 11) is 0. The maximum Gasteiger partial charge on any atom is 0.00745 e. The summed E-state index contributed by atoms with van der Waals surface area (Å²) in [5.41, 5.74) is 1.37. The van der Waals surface area contributed by atoms with Gasteiger partial charge in [-0.1, -0.05) is 24.1 Å². The highest BCUT2D eigenvalue weighted by Gasteiger charge is 2.08. The molecule has 1 aromatic rings. The van der Waals surface area contributed by atoms with E-state index in [1.807, 2.05) is 11.8 Å². The maximum atomic E-state index is 2.63. The molecule has 1 aliphatic rings. The summed E-state index contributed by atoms with van der Waals surface area (Å²) < 4.78 is 0. The van der Waals surface area contributed by atoms with Crippen LogP contribution in [-0.2, 0) is 0 Å². The van der Waals surface area contributed by atoms with Crippen molar-refractivity contribution < 1.29 is 0 Å². The van der Waals surface area contributed by atoms with Crippen molar-refractivity contribution in [1.82, 2.24) is 4.90 Å². The quantitative estimate of drug-likeness (QED) is 0.583. The van der Waals surface area contributed by atoms with Gasteiger partial charge >= 0.3 is 0 Å². The molecule has 0 aromatic heterocycles. The van der Waals surface area contributed by atoms with E-state index < -0.39 is 0 Å². The second kappa shape index (κ2) is 8.84. The van der Waals surface area contributed by atoms with E-state index in [9.17, 15) is 0 Å². The van der Waals surface area contributed by atoms with Crippen molar-refractivity contribution in [3.8, 4) is 0 Å². The fraction of sp³-hybridized carbons (Fsp3) is 0.600. The van der Waals surface area contributed by atoms with Crippen LogP contribution in [0, 0.1) is 6.92 Å². The summed E-state index contributed by atoms with van der Waals surface area (Å²) in [5, 5.41) is 0. The molecule has 1 saturated heterocycles. The first-order valence-corrected chi connectivity index (χ1v) is 7.75. The van der Waals surface area contributed by atoms with Gasteiger partial charge in [0.1, 0.15) is 0 Å². The molecular formula is C15H24ClNS. The largest absolute Gasteiger partial charge is 0.303 e. The monoisotopic (exact) mass is 285 g/mol. The zero-order valence-electron chi connectivity index (χ0n) is 11.2. The summed E-state index contributed by atoms with van der Waals surface area (Å²) in [5.74, 6) is 1.25. The van der Waals surface area contributed by atoms with Gasteiger partial charge in [0.2, 0.25) is 0 Å². The van der Waals surface area contributed by atoms with Crippen LogP contribution in [0.3, 0.4) is 0 Å². The summed E-state index contributed by atoms with van der Waals surface area (Å²) in [6, 6.07) is 8.82. The number of thioether (sulfide) groups is 1. The van der Waals surface area contributed by atoms with Crippen molar-refractivity contribution in [2.45, 2.75) is 37.5 Å². The molecule has 0 aliphatic carbocycles. The summed E-state index contributed by atoms with van der Waals surface area (Å²) in [6.45, 7) is 6.11. The third-order valence-corrected chi connectivity index (χ3v) is 4.41. The Kier molecular flexibility index (Phi) is 7.80. The van der Waals surface area contributed by atoms with Crippen LogP contribution in [0.2, 0.25) is 0 Å². The highest BCUT2D eigenvalue weighted by molar-refractivity contribution is 7.99. The van der Waals surface area contributed by atoms with Gasteiger partial charge in [0.15, 0.2) is 0 Å². The van der Waals surface area contributed by atoms with Crippen LogP contribution in [-0.4, -0.2) is 30.3 Å². The first-order chi connectivity index (χ1) is 8.34. The van der Waals surface area contributed by atoms with Crippen molar-refractivity contribution in [2.24, 2.45) is 0 Å². The average Bonchev–Trinajstić information content (AvgIpc) is 2.36. The molecule has 18 heavy (non-hydrogen) atoms. The molecule has 1 nitrogen and oxygen atoms in total. The van der Waals surface area contributed by atoms with Crippen molar-refractivity contribution in [1.29, 1.82) is 0 Å². The Labute approximate surface area is 122 Å². The van der Waals surface area contributed by atoms with Crippen LogP contribution in [0.15, 0.2) is 29.2 Å². The fourth-order valence-electron chi connectivity index (χ4n) is 2.37. The van der Waals surface area contributed by atoms with Crippen molar-refractivity contribution in [3.05, 3.63) is 29.8 Å². The molecule has 0 radical (unpaired) electrons. The topological polar surface area (TPSA) is 3.24 Å². The van der Waals surface area contributed by atoms with Gasteiger partial charge in [-0.2, -0.15) is 0 Å². The average molecular weight is 286 g/mol. The van der Waals surface area contributed by atoms with E-state index in [0.29, 0.717) is 0 Å². The molecule has 1 heterocycles. The Bertz CT molecular complexity index is 337. The Hall–Kier alpha value is -0.180. The molecule has 102 valence electrons. The molecule has 3 heteroatoms. The van der Waals surface area contributed by atoms with Gasteiger partial charge in [0.25, 0.3) is 0 Å². The zero-order chi connectivity index (χ0) is 11.9. The third kappa shape index (κ3) is 5.64. The van der Waals surface area contributed by atoms with Gasteiger partial charge in [-0.15, -0.1) is 24.2 Å². The Morgan fingerprint density at radius 2 is 1.94 bits per heavy atom. The van der Waals surface area contributed by atoms with E-state index in [1.54, 1.807) is 0 Å². The van der Waals surface area contributed by atoms with Crippen LogP contribution >= 0.6 is 24.2 Å². The van der Waals surface area contributed by atoms with Crippen molar-refractivity contribution in [2.75, 3.05) is 25.4 Å². The van der Waals surface area contributed by atoms with Gasteiger partial charge in [-0.05, 0) is 63.7 Å². The molecule has 0 amide bonds. The molecule has 1 fully saturated rings. The molecule has 0 N–H and O–H groups in total.